The molecule has 1 saturated heterocycles. The third kappa shape index (κ3) is 4.44. The maximum atomic E-state index is 12.9. The Morgan fingerprint density at radius 2 is 1.83 bits per heavy atom. The molecular formula is C33H48O8. The third-order valence-electron chi connectivity index (χ3n) is 10.7. The lowest BCUT2D eigenvalue weighted by Gasteiger charge is -2.60. The zero-order valence-corrected chi connectivity index (χ0v) is 25.9. The lowest BCUT2D eigenvalue weighted by molar-refractivity contribution is -0.281. The predicted molar refractivity (Wildman–Crippen MR) is 154 cm³/mol. The second kappa shape index (κ2) is 10.7. The molecule has 8 atom stereocenters. The molecule has 1 aliphatic heterocycles. The van der Waals surface area contributed by atoms with Crippen molar-refractivity contribution < 1.29 is 38.3 Å². The van der Waals surface area contributed by atoms with E-state index in [0.717, 1.165) is 29.7 Å². The quantitative estimate of drug-likeness (QED) is 0.292. The first-order chi connectivity index (χ1) is 19.4. The number of methoxy groups -OCH3 is 3. The highest BCUT2D eigenvalue weighted by Gasteiger charge is 2.76. The van der Waals surface area contributed by atoms with Gasteiger partial charge in [0.15, 0.2) is 5.79 Å². The fourth-order valence-corrected chi connectivity index (χ4v) is 8.60. The highest BCUT2D eigenvalue weighted by molar-refractivity contribution is 5.42. The van der Waals surface area contributed by atoms with E-state index in [9.17, 15) is 5.11 Å². The van der Waals surface area contributed by atoms with Crippen LogP contribution in [0, 0.1) is 23.2 Å². The summed E-state index contributed by atoms with van der Waals surface area (Å²) in [5, 5.41) is 12.9. The average Bonchev–Trinajstić information content (AvgIpc) is 3.49. The van der Waals surface area contributed by atoms with Crippen LogP contribution in [-0.4, -0.2) is 74.6 Å². The first kappa shape index (κ1) is 30.7. The molecule has 0 aromatic heterocycles. The van der Waals surface area contributed by atoms with Gasteiger partial charge in [0.1, 0.15) is 29.8 Å². The van der Waals surface area contributed by atoms with Crippen molar-refractivity contribution in [3.63, 3.8) is 0 Å². The first-order valence-electron chi connectivity index (χ1n) is 14.7. The summed E-state index contributed by atoms with van der Waals surface area (Å²) in [5.74, 6) is -0.661. The molecule has 5 rings (SSSR count). The lowest BCUT2D eigenvalue weighted by atomic mass is 9.53. The van der Waals surface area contributed by atoms with Crippen molar-refractivity contribution in [2.45, 2.75) is 88.9 Å². The molecule has 2 saturated carbocycles. The number of aliphatic hydroxyl groups is 1. The van der Waals surface area contributed by atoms with E-state index in [-0.39, 0.29) is 36.6 Å². The summed E-state index contributed by atoms with van der Waals surface area (Å²) < 4.78 is 43.1. The van der Waals surface area contributed by atoms with Crippen LogP contribution in [0.3, 0.4) is 0 Å². The minimum atomic E-state index is -1.24. The second-order valence-corrected chi connectivity index (χ2v) is 13.2. The van der Waals surface area contributed by atoms with Crippen LogP contribution in [0.1, 0.15) is 53.0 Å². The number of fused-ring (bicyclic) bond motifs is 4. The largest absolute Gasteiger partial charge is 0.497 e. The van der Waals surface area contributed by atoms with E-state index < -0.39 is 34.8 Å². The van der Waals surface area contributed by atoms with Gasteiger partial charge >= 0.3 is 0 Å². The molecule has 4 aliphatic rings. The molecule has 0 spiro atoms. The van der Waals surface area contributed by atoms with Crippen molar-refractivity contribution in [2.75, 3.05) is 34.7 Å². The molecule has 8 nitrogen and oxygen atoms in total. The Morgan fingerprint density at radius 1 is 1.12 bits per heavy atom. The number of hydrogen-bond acceptors (Lipinski definition) is 8. The summed E-state index contributed by atoms with van der Waals surface area (Å²) in [7, 11) is 5.03. The maximum Gasteiger partial charge on any atom is 0.164 e. The molecular weight excluding hydrogens is 524 g/mol. The molecule has 1 aromatic rings. The Balaban J connectivity index is 1.57. The SMILES string of the molecule is C=C[C@@H](OCc1ccc(OC)cc1)[C@]1(C2=C[C@H]3[C@](O)([C@H](OCOC)[C@H]4CC[C@]3(OC)C4(C)C)[C@H]2C)COC(C)(C)O1. The van der Waals surface area contributed by atoms with E-state index in [2.05, 4.69) is 33.4 Å². The van der Waals surface area contributed by atoms with Crippen LogP contribution in [-0.2, 0) is 35.0 Å². The Labute approximate surface area is 244 Å². The van der Waals surface area contributed by atoms with Crippen LogP contribution in [0.4, 0.5) is 0 Å². The molecule has 0 radical (unpaired) electrons. The number of rotatable bonds is 11. The van der Waals surface area contributed by atoms with E-state index in [1.54, 1.807) is 27.4 Å². The standard InChI is InChI=1S/C33H48O8/c1-10-27(38-18-22-11-13-23(36-8)14-12-22)31(19-40-30(5,6)41-31)25-17-26-32(37-9)16-15-24(29(32,3)4)28(39-20-35-7)33(26,34)21(25)2/h10-14,17,21,24,26-28,34H,1,15-16,18-20H2,2-9H3/t21-,24+,26+,27+,28+,31+,32+,33-/m0/s1. The highest BCUT2D eigenvalue weighted by atomic mass is 16.8. The molecule has 1 N–H and O–H groups in total. The summed E-state index contributed by atoms with van der Waals surface area (Å²) in [5.41, 5.74) is -1.14. The minimum Gasteiger partial charge on any atom is -0.497 e. The van der Waals surface area contributed by atoms with E-state index in [0.29, 0.717) is 6.61 Å². The molecule has 3 fully saturated rings. The van der Waals surface area contributed by atoms with Gasteiger partial charge in [-0.1, -0.05) is 45.1 Å². The molecule has 0 unspecified atom stereocenters. The Kier molecular flexibility index (Phi) is 8.03. The molecule has 8 heteroatoms. The number of benzene rings is 1. The molecule has 1 aromatic carbocycles. The van der Waals surface area contributed by atoms with Crippen LogP contribution < -0.4 is 4.74 Å². The number of hydrogen-bond donors (Lipinski definition) is 1. The van der Waals surface area contributed by atoms with E-state index >= 15 is 0 Å². The summed E-state index contributed by atoms with van der Waals surface area (Å²) in [6.45, 7) is 15.2. The van der Waals surface area contributed by atoms with Gasteiger partial charge < -0.3 is 38.3 Å². The first-order valence-corrected chi connectivity index (χ1v) is 14.7. The Bertz CT molecular complexity index is 1140. The fourth-order valence-electron chi connectivity index (χ4n) is 8.60. The molecule has 0 amide bonds. The van der Waals surface area contributed by atoms with Gasteiger partial charge in [-0.25, -0.2) is 0 Å². The van der Waals surface area contributed by atoms with Crippen molar-refractivity contribution in [1.82, 2.24) is 0 Å². The molecule has 3 aliphatic carbocycles. The van der Waals surface area contributed by atoms with Crippen molar-refractivity contribution in [3.05, 3.63) is 54.1 Å². The van der Waals surface area contributed by atoms with Crippen LogP contribution in [0.2, 0.25) is 0 Å². The normalized spacial score (nSPS) is 39.3. The van der Waals surface area contributed by atoms with Gasteiger partial charge in [-0.15, -0.1) is 6.58 Å². The summed E-state index contributed by atoms with van der Waals surface area (Å²) >= 11 is 0. The highest BCUT2D eigenvalue weighted by Crippen LogP contribution is 2.69. The summed E-state index contributed by atoms with van der Waals surface area (Å²) in [6.07, 6.45) is 4.71. The van der Waals surface area contributed by atoms with Crippen molar-refractivity contribution in [2.24, 2.45) is 23.2 Å². The van der Waals surface area contributed by atoms with Crippen LogP contribution >= 0.6 is 0 Å². The zero-order chi connectivity index (χ0) is 29.8. The van der Waals surface area contributed by atoms with Crippen molar-refractivity contribution in [1.29, 1.82) is 0 Å². The molecule has 228 valence electrons. The van der Waals surface area contributed by atoms with Crippen LogP contribution in [0.5, 0.6) is 5.75 Å². The fraction of sp³-hybridized carbons (Fsp3) is 0.697. The van der Waals surface area contributed by atoms with Gasteiger partial charge in [-0.2, -0.15) is 0 Å². The molecule has 41 heavy (non-hydrogen) atoms. The lowest BCUT2D eigenvalue weighted by Crippen LogP contribution is -2.70. The van der Waals surface area contributed by atoms with Gasteiger partial charge in [-0.05, 0) is 61.3 Å². The third-order valence-corrected chi connectivity index (χ3v) is 10.7. The Hall–Kier alpha value is -1.78. The zero-order valence-electron chi connectivity index (χ0n) is 25.9. The van der Waals surface area contributed by atoms with Gasteiger partial charge in [0.05, 0.1) is 32.0 Å². The van der Waals surface area contributed by atoms with E-state index in [1.165, 1.54) is 0 Å². The maximum absolute atomic E-state index is 12.9. The predicted octanol–water partition coefficient (Wildman–Crippen LogP) is 5.04. The van der Waals surface area contributed by atoms with Gasteiger partial charge in [0.25, 0.3) is 0 Å². The monoisotopic (exact) mass is 572 g/mol. The topological polar surface area (TPSA) is 84.8 Å². The van der Waals surface area contributed by atoms with E-state index in [1.807, 2.05) is 38.1 Å². The van der Waals surface area contributed by atoms with E-state index in [4.69, 9.17) is 33.2 Å². The van der Waals surface area contributed by atoms with Crippen molar-refractivity contribution >= 4 is 0 Å². The van der Waals surface area contributed by atoms with Gasteiger partial charge in [0.2, 0.25) is 0 Å². The van der Waals surface area contributed by atoms with Crippen LogP contribution in [0.15, 0.2) is 48.6 Å². The molecule has 1 heterocycles. The number of ether oxygens (including phenoxy) is 7. The van der Waals surface area contributed by atoms with Gasteiger partial charge in [-0.3, -0.25) is 0 Å². The minimum absolute atomic E-state index is 0.0868. The molecule has 2 bridgehead atoms. The Morgan fingerprint density at radius 3 is 2.39 bits per heavy atom. The average molecular weight is 573 g/mol. The smallest absolute Gasteiger partial charge is 0.164 e. The van der Waals surface area contributed by atoms with Gasteiger partial charge in [0, 0.05) is 26.1 Å². The van der Waals surface area contributed by atoms with Crippen molar-refractivity contribution in [3.8, 4) is 5.75 Å². The summed E-state index contributed by atoms with van der Waals surface area (Å²) in [6, 6.07) is 7.79. The second-order valence-electron chi connectivity index (χ2n) is 13.2. The summed E-state index contributed by atoms with van der Waals surface area (Å²) in [4.78, 5) is 0. The van der Waals surface area contributed by atoms with Crippen LogP contribution in [0.25, 0.3) is 0 Å².